The molecule has 0 aliphatic carbocycles. The fourth-order valence-corrected chi connectivity index (χ4v) is 21.7. The zero-order valence-corrected chi connectivity index (χ0v) is 23.5. The zero-order valence-electron chi connectivity index (χ0n) is 18.6. The molecule has 0 bridgehead atoms. The van der Waals surface area contributed by atoms with Crippen molar-refractivity contribution in [2.24, 2.45) is 0 Å². The molecule has 0 spiro atoms. The molecule has 0 saturated heterocycles. The van der Waals surface area contributed by atoms with Crippen LogP contribution in [0.15, 0.2) is 72.8 Å². The first-order chi connectivity index (χ1) is 14.8. The van der Waals surface area contributed by atoms with Gasteiger partial charge in [0.1, 0.15) is 19.6 Å². The van der Waals surface area contributed by atoms with E-state index in [4.69, 9.17) is 21.1 Å². The number of rotatable bonds is 9. The molecule has 1 unspecified atom stereocenters. The Balaban J connectivity index is 2.10. The smallest absolute Gasteiger partial charge is 0.125 e. The van der Waals surface area contributed by atoms with Gasteiger partial charge in [0.05, 0.1) is 21.8 Å². The summed E-state index contributed by atoms with van der Waals surface area (Å²) in [4.78, 5) is 0. The number of hydrogen-bond donors (Lipinski definition) is 0. The number of benzene rings is 3. The standard InChI is InChI=1S/C25H30ClIO2Si2/c1-5-29-22-10-16-25(17-11-22)31(18-27,24-14-8-21(28-2)9-15-24)19-30(3,4)23-12-6-20(26)7-13-23/h6-17H,5,18-19H2,1-4H3. The van der Waals surface area contributed by atoms with Crippen LogP contribution in [0.1, 0.15) is 6.92 Å². The van der Waals surface area contributed by atoms with Gasteiger partial charge in [0, 0.05) is 9.07 Å². The van der Waals surface area contributed by atoms with Gasteiger partial charge in [-0.2, -0.15) is 0 Å². The number of alkyl halides is 1. The molecule has 0 aliphatic rings. The van der Waals surface area contributed by atoms with Crippen molar-refractivity contribution in [2.45, 2.75) is 25.7 Å². The van der Waals surface area contributed by atoms with Crippen LogP contribution in [-0.4, -0.2) is 33.9 Å². The minimum absolute atomic E-state index is 0.684. The molecular formula is C25H30ClIO2Si2. The lowest BCUT2D eigenvalue weighted by molar-refractivity contribution is 0.340. The normalized spacial score (nSPS) is 13.5. The van der Waals surface area contributed by atoms with Crippen molar-refractivity contribution in [3.05, 3.63) is 77.8 Å². The molecule has 31 heavy (non-hydrogen) atoms. The van der Waals surface area contributed by atoms with E-state index in [-0.39, 0.29) is 0 Å². The Hall–Kier alpha value is -1.29. The van der Waals surface area contributed by atoms with Crippen molar-refractivity contribution in [3.63, 3.8) is 0 Å². The van der Waals surface area contributed by atoms with E-state index in [2.05, 4.69) is 96.3 Å². The highest BCUT2D eigenvalue weighted by Gasteiger charge is 2.42. The van der Waals surface area contributed by atoms with Gasteiger partial charge in [-0.05, 0) is 49.0 Å². The maximum atomic E-state index is 6.18. The highest BCUT2D eigenvalue weighted by Crippen LogP contribution is 2.25. The third-order valence-corrected chi connectivity index (χ3v) is 21.3. The first-order valence-electron chi connectivity index (χ1n) is 10.5. The predicted molar refractivity (Wildman–Crippen MR) is 148 cm³/mol. The van der Waals surface area contributed by atoms with Crippen molar-refractivity contribution >= 4 is 65.9 Å². The molecule has 0 saturated carbocycles. The second-order valence-electron chi connectivity index (χ2n) is 8.47. The minimum Gasteiger partial charge on any atom is -0.497 e. The Morgan fingerprint density at radius 2 is 1.26 bits per heavy atom. The van der Waals surface area contributed by atoms with E-state index in [0.29, 0.717) is 6.61 Å². The summed E-state index contributed by atoms with van der Waals surface area (Å²) in [6, 6.07) is 26.2. The lowest BCUT2D eigenvalue weighted by atomic mass is 10.3. The fourth-order valence-electron chi connectivity index (χ4n) is 4.28. The Morgan fingerprint density at radius 1 is 0.774 bits per heavy atom. The molecule has 3 rings (SSSR count). The van der Waals surface area contributed by atoms with Crippen LogP contribution in [0.3, 0.4) is 0 Å². The van der Waals surface area contributed by atoms with Crippen molar-refractivity contribution in [3.8, 4) is 11.5 Å². The molecule has 0 amide bonds. The molecule has 0 N–H and O–H groups in total. The topological polar surface area (TPSA) is 18.5 Å². The summed E-state index contributed by atoms with van der Waals surface area (Å²) in [7, 11) is -2.05. The van der Waals surface area contributed by atoms with Gasteiger partial charge in [0.25, 0.3) is 0 Å². The van der Waals surface area contributed by atoms with Gasteiger partial charge in [0.2, 0.25) is 0 Å². The van der Waals surface area contributed by atoms with Crippen LogP contribution in [0, 0.1) is 0 Å². The second kappa shape index (κ2) is 10.6. The Labute approximate surface area is 207 Å². The van der Waals surface area contributed by atoms with Crippen LogP contribution >= 0.6 is 34.2 Å². The van der Waals surface area contributed by atoms with Gasteiger partial charge < -0.3 is 9.47 Å². The molecule has 1 atom stereocenters. The molecule has 3 aromatic rings. The Kier molecular flexibility index (Phi) is 8.29. The van der Waals surface area contributed by atoms with E-state index in [1.165, 1.54) is 21.2 Å². The summed E-state index contributed by atoms with van der Waals surface area (Å²) in [6.45, 7) is 7.68. The van der Waals surface area contributed by atoms with Crippen LogP contribution in [0.5, 0.6) is 11.5 Å². The molecule has 6 heteroatoms. The van der Waals surface area contributed by atoms with Gasteiger partial charge in [-0.1, -0.05) is 99.2 Å². The van der Waals surface area contributed by atoms with E-state index >= 15 is 0 Å². The molecule has 164 valence electrons. The third kappa shape index (κ3) is 5.56. The maximum Gasteiger partial charge on any atom is 0.125 e. The lowest BCUT2D eigenvalue weighted by Crippen LogP contribution is -2.65. The van der Waals surface area contributed by atoms with Gasteiger partial charge in [-0.3, -0.25) is 0 Å². The average Bonchev–Trinajstić information content (AvgIpc) is 2.79. The summed E-state index contributed by atoms with van der Waals surface area (Å²) >= 11 is 8.80. The molecule has 3 aromatic carbocycles. The average molecular weight is 581 g/mol. The number of ether oxygens (including phenoxy) is 2. The van der Waals surface area contributed by atoms with E-state index in [0.717, 1.165) is 20.6 Å². The fraction of sp³-hybridized carbons (Fsp3) is 0.280. The maximum absolute atomic E-state index is 6.18. The minimum atomic E-state index is -2.03. The van der Waals surface area contributed by atoms with Crippen LogP contribution in [0.2, 0.25) is 23.8 Å². The molecule has 0 fully saturated rings. The third-order valence-electron chi connectivity index (χ3n) is 5.96. The summed E-state index contributed by atoms with van der Waals surface area (Å²) in [5.74, 6) is 1.84. The first kappa shape index (κ1) is 24.4. The second-order valence-corrected chi connectivity index (χ2v) is 20.5. The molecule has 0 aromatic heterocycles. The first-order valence-corrected chi connectivity index (χ1v) is 18.1. The Bertz CT molecular complexity index is 976. The summed E-state index contributed by atoms with van der Waals surface area (Å²) in [5, 5.41) is 5.18. The summed E-state index contributed by atoms with van der Waals surface area (Å²) < 4.78 is 12.3. The highest BCUT2D eigenvalue weighted by atomic mass is 127. The van der Waals surface area contributed by atoms with Crippen LogP contribution in [0.4, 0.5) is 0 Å². The number of halogens is 2. The quantitative estimate of drug-likeness (QED) is 0.191. The van der Waals surface area contributed by atoms with E-state index in [9.17, 15) is 0 Å². The van der Waals surface area contributed by atoms with Crippen LogP contribution in [-0.2, 0) is 0 Å². The molecule has 0 radical (unpaired) electrons. The van der Waals surface area contributed by atoms with E-state index < -0.39 is 16.1 Å². The van der Waals surface area contributed by atoms with Crippen LogP contribution < -0.4 is 25.0 Å². The molecule has 0 heterocycles. The van der Waals surface area contributed by atoms with E-state index in [1.807, 2.05) is 19.1 Å². The van der Waals surface area contributed by atoms with Gasteiger partial charge in [-0.25, -0.2) is 0 Å². The molecule has 0 aliphatic heterocycles. The van der Waals surface area contributed by atoms with E-state index in [1.54, 1.807) is 7.11 Å². The SMILES string of the molecule is CCOc1ccc([Si](CI)(C[Si](C)(C)c2ccc(Cl)cc2)c2ccc(OC)cc2)cc1. The van der Waals surface area contributed by atoms with Crippen LogP contribution in [0.25, 0.3) is 0 Å². The Morgan fingerprint density at radius 3 is 1.71 bits per heavy atom. The summed E-state index contributed by atoms with van der Waals surface area (Å²) in [5.41, 5.74) is 1.23. The largest absolute Gasteiger partial charge is 0.497 e. The zero-order chi connectivity index (χ0) is 22.5. The number of methoxy groups -OCH3 is 1. The van der Waals surface area contributed by atoms with Gasteiger partial charge >= 0.3 is 0 Å². The lowest BCUT2D eigenvalue weighted by Gasteiger charge is -2.38. The highest BCUT2D eigenvalue weighted by molar-refractivity contribution is 14.1. The van der Waals surface area contributed by atoms with Gasteiger partial charge in [0.15, 0.2) is 0 Å². The molecular weight excluding hydrogens is 551 g/mol. The van der Waals surface area contributed by atoms with Crippen molar-refractivity contribution in [2.75, 3.05) is 17.8 Å². The predicted octanol–water partition coefficient (Wildman–Crippen LogP) is 5.44. The van der Waals surface area contributed by atoms with Crippen molar-refractivity contribution < 1.29 is 9.47 Å². The summed E-state index contributed by atoms with van der Waals surface area (Å²) in [6.07, 6.45) is 0. The number of hydrogen-bond acceptors (Lipinski definition) is 2. The monoisotopic (exact) mass is 580 g/mol. The van der Waals surface area contributed by atoms with Crippen molar-refractivity contribution in [1.82, 2.24) is 0 Å². The van der Waals surface area contributed by atoms with Crippen molar-refractivity contribution in [1.29, 1.82) is 0 Å². The molecule has 2 nitrogen and oxygen atoms in total. The van der Waals surface area contributed by atoms with Gasteiger partial charge in [-0.15, -0.1) is 0 Å².